The highest BCUT2D eigenvalue weighted by Gasteiger charge is 2.04. The van der Waals surface area contributed by atoms with Gasteiger partial charge in [0.1, 0.15) is 5.76 Å². The van der Waals surface area contributed by atoms with E-state index in [1.165, 1.54) is 18.0 Å². The molecule has 0 unspecified atom stereocenters. The lowest BCUT2D eigenvalue weighted by atomic mass is 10.2. The summed E-state index contributed by atoms with van der Waals surface area (Å²) in [6.45, 7) is 0. The summed E-state index contributed by atoms with van der Waals surface area (Å²) in [5, 5.41) is 5.33. The van der Waals surface area contributed by atoms with Crippen LogP contribution in [0.3, 0.4) is 0 Å². The lowest BCUT2D eigenvalue weighted by Gasteiger charge is -1.98. The van der Waals surface area contributed by atoms with Crippen LogP contribution in [-0.4, -0.2) is 12.1 Å². The number of hydrogen-bond donors (Lipinski definition) is 1. The third-order valence-electron chi connectivity index (χ3n) is 3.03. The van der Waals surface area contributed by atoms with Gasteiger partial charge in [0.25, 0.3) is 5.91 Å². The van der Waals surface area contributed by atoms with E-state index in [0.717, 1.165) is 9.99 Å². The van der Waals surface area contributed by atoms with Crippen LogP contribution >= 0.6 is 23.4 Å². The SMILES string of the molecule is O=C(N/N=C\c1ccc(Sc2ccc(Cl)cc2)o1)c1ccccc1. The Morgan fingerprint density at radius 3 is 2.54 bits per heavy atom. The first-order valence-electron chi connectivity index (χ1n) is 7.12. The number of furan rings is 1. The van der Waals surface area contributed by atoms with E-state index in [-0.39, 0.29) is 5.91 Å². The topological polar surface area (TPSA) is 54.6 Å². The van der Waals surface area contributed by atoms with Crippen LogP contribution in [0.2, 0.25) is 5.02 Å². The molecular formula is C18H13ClN2O2S. The number of amides is 1. The fourth-order valence-corrected chi connectivity index (χ4v) is 2.79. The highest BCUT2D eigenvalue weighted by atomic mass is 35.5. The van der Waals surface area contributed by atoms with Crippen molar-refractivity contribution in [2.75, 3.05) is 0 Å². The minimum Gasteiger partial charge on any atom is -0.448 e. The molecule has 4 nitrogen and oxygen atoms in total. The first kappa shape index (κ1) is 16.4. The second-order valence-corrected chi connectivity index (χ2v) is 6.29. The van der Waals surface area contributed by atoms with Crippen molar-refractivity contribution < 1.29 is 9.21 Å². The Labute approximate surface area is 148 Å². The number of nitrogens with one attached hydrogen (secondary N) is 1. The Morgan fingerprint density at radius 2 is 1.79 bits per heavy atom. The van der Waals surface area contributed by atoms with E-state index >= 15 is 0 Å². The first-order chi connectivity index (χ1) is 11.7. The van der Waals surface area contributed by atoms with Crippen LogP contribution in [0.25, 0.3) is 0 Å². The summed E-state index contributed by atoms with van der Waals surface area (Å²) >= 11 is 7.34. The molecule has 1 heterocycles. The molecular weight excluding hydrogens is 344 g/mol. The van der Waals surface area contributed by atoms with Crippen LogP contribution in [0.15, 0.2) is 86.2 Å². The Kier molecular flexibility index (Phi) is 5.36. The van der Waals surface area contributed by atoms with Gasteiger partial charge < -0.3 is 4.42 Å². The second-order valence-electron chi connectivity index (χ2n) is 4.78. The van der Waals surface area contributed by atoms with Crippen molar-refractivity contribution in [3.8, 4) is 0 Å². The molecule has 2 aromatic carbocycles. The molecule has 1 amide bonds. The lowest BCUT2D eigenvalue weighted by Crippen LogP contribution is -2.17. The molecule has 0 radical (unpaired) electrons. The highest BCUT2D eigenvalue weighted by Crippen LogP contribution is 2.29. The smallest absolute Gasteiger partial charge is 0.271 e. The maximum Gasteiger partial charge on any atom is 0.271 e. The molecule has 0 aliphatic carbocycles. The van der Waals surface area contributed by atoms with Crippen molar-refractivity contribution in [1.29, 1.82) is 0 Å². The van der Waals surface area contributed by atoms with E-state index < -0.39 is 0 Å². The minimum atomic E-state index is -0.269. The molecule has 3 aromatic rings. The molecule has 0 aliphatic heterocycles. The van der Waals surface area contributed by atoms with E-state index in [1.54, 1.807) is 30.3 Å². The maximum absolute atomic E-state index is 11.8. The zero-order valence-electron chi connectivity index (χ0n) is 12.5. The molecule has 0 atom stereocenters. The standard InChI is InChI=1S/C18H13ClN2O2S/c19-14-6-9-16(10-7-14)24-17-11-8-15(23-17)12-20-21-18(22)13-4-2-1-3-5-13/h1-12H,(H,21,22)/b20-12-. The summed E-state index contributed by atoms with van der Waals surface area (Å²) in [5.74, 6) is 0.286. The van der Waals surface area contributed by atoms with Crippen molar-refractivity contribution in [2.45, 2.75) is 9.99 Å². The largest absolute Gasteiger partial charge is 0.448 e. The summed E-state index contributed by atoms with van der Waals surface area (Å²) in [7, 11) is 0. The van der Waals surface area contributed by atoms with Crippen LogP contribution in [-0.2, 0) is 0 Å². The number of hydrazone groups is 1. The van der Waals surface area contributed by atoms with Gasteiger partial charge in [-0.2, -0.15) is 5.10 Å². The van der Waals surface area contributed by atoms with Gasteiger partial charge >= 0.3 is 0 Å². The van der Waals surface area contributed by atoms with Crippen LogP contribution in [0.1, 0.15) is 16.1 Å². The maximum atomic E-state index is 11.8. The third kappa shape index (κ3) is 4.50. The van der Waals surface area contributed by atoms with E-state index in [0.29, 0.717) is 16.3 Å². The van der Waals surface area contributed by atoms with Gasteiger partial charge in [0.05, 0.1) is 6.21 Å². The van der Waals surface area contributed by atoms with Crippen molar-refractivity contribution >= 4 is 35.5 Å². The number of hydrogen-bond acceptors (Lipinski definition) is 4. The van der Waals surface area contributed by atoms with Gasteiger partial charge in [0.15, 0.2) is 5.09 Å². The normalized spacial score (nSPS) is 10.9. The highest BCUT2D eigenvalue weighted by molar-refractivity contribution is 7.99. The molecule has 0 saturated carbocycles. The molecule has 0 fully saturated rings. The molecule has 1 N–H and O–H groups in total. The van der Waals surface area contributed by atoms with Gasteiger partial charge in [-0.05, 0) is 48.5 Å². The molecule has 0 spiro atoms. The van der Waals surface area contributed by atoms with Gasteiger partial charge in [-0.3, -0.25) is 4.79 Å². The monoisotopic (exact) mass is 356 g/mol. The Morgan fingerprint density at radius 1 is 1.04 bits per heavy atom. The Bertz CT molecular complexity index is 845. The zero-order chi connectivity index (χ0) is 16.8. The van der Waals surface area contributed by atoms with Gasteiger partial charge in [-0.1, -0.05) is 41.6 Å². The predicted molar refractivity (Wildman–Crippen MR) is 95.8 cm³/mol. The summed E-state index contributed by atoms with van der Waals surface area (Å²) in [5.41, 5.74) is 3.01. The average Bonchev–Trinajstić information content (AvgIpc) is 3.05. The van der Waals surface area contributed by atoms with E-state index in [2.05, 4.69) is 10.5 Å². The molecule has 1 aromatic heterocycles. The number of nitrogens with zero attached hydrogens (tertiary/aromatic N) is 1. The number of rotatable bonds is 5. The molecule has 24 heavy (non-hydrogen) atoms. The quantitative estimate of drug-likeness (QED) is 0.525. The molecule has 120 valence electrons. The predicted octanol–water partition coefficient (Wildman–Crippen LogP) is 4.85. The fourth-order valence-electron chi connectivity index (χ4n) is 1.89. The molecule has 0 bridgehead atoms. The van der Waals surface area contributed by atoms with Crippen molar-refractivity contribution in [3.63, 3.8) is 0 Å². The average molecular weight is 357 g/mol. The number of carbonyl (C=O) groups excluding carboxylic acids is 1. The van der Waals surface area contributed by atoms with Gasteiger partial charge in [-0.15, -0.1) is 0 Å². The molecule has 0 aliphatic rings. The summed E-state index contributed by atoms with van der Waals surface area (Å²) in [4.78, 5) is 12.9. The number of carbonyl (C=O) groups is 1. The van der Waals surface area contributed by atoms with E-state index in [9.17, 15) is 4.79 Å². The number of benzene rings is 2. The lowest BCUT2D eigenvalue weighted by molar-refractivity contribution is 0.0955. The molecule has 6 heteroatoms. The van der Waals surface area contributed by atoms with E-state index in [1.807, 2.05) is 36.4 Å². The first-order valence-corrected chi connectivity index (χ1v) is 8.32. The summed E-state index contributed by atoms with van der Waals surface area (Å²) < 4.78 is 5.63. The van der Waals surface area contributed by atoms with E-state index in [4.69, 9.17) is 16.0 Å². The van der Waals surface area contributed by atoms with Gasteiger partial charge in [-0.25, -0.2) is 5.43 Å². The molecule has 0 saturated heterocycles. The zero-order valence-corrected chi connectivity index (χ0v) is 14.1. The van der Waals surface area contributed by atoms with Crippen LogP contribution < -0.4 is 5.43 Å². The minimum absolute atomic E-state index is 0.269. The van der Waals surface area contributed by atoms with Crippen molar-refractivity contribution in [3.05, 3.63) is 83.1 Å². The van der Waals surface area contributed by atoms with Crippen molar-refractivity contribution in [2.24, 2.45) is 5.10 Å². The summed E-state index contributed by atoms with van der Waals surface area (Å²) in [6, 6.07) is 20.0. The van der Waals surface area contributed by atoms with Gasteiger partial charge in [0.2, 0.25) is 0 Å². The second kappa shape index (κ2) is 7.86. The molecule has 3 rings (SSSR count). The number of halogens is 1. The van der Waals surface area contributed by atoms with Gasteiger partial charge in [0, 0.05) is 15.5 Å². The Balaban J connectivity index is 1.57. The Hall–Kier alpha value is -2.50. The van der Waals surface area contributed by atoms with Crippen LogP contribution in [0.5, 0.6) is 0 Å². The summed E-state index contributed by atoms with van der Waals surface area (Å²) in [6.07, 6.45) is 1.47. The third-order valence-corrected chi connectivity index (χ3v) is 4.21. The fraction of sp³-hybridized carbons (Fsp3) is 0. The van der Waals surface area contributed by atoms with Crippen LogP contribution in [0, 0.1) is 0 Å². The van der Waals surface area contributed by atoms with Crippen LogP contribution in [0.4, 0.5) is 0 Å². The van der Waals surface area contributed by atoms with Crippen molar-refractivity contribution in [1.82, 2.24) is 5.43 Å².